The summed E-state index contributed by atoms with van der Waals surface area (Å²) in [4.78, 5) is 26.8. The van der Waals surface area contributed by atoms with E-state index in [0.717, 1.165) is 25.9 Å². The van der Waals surface area contributed by atoms with Gasteiger partial charge >= 0.3 is 0 Å². The summed E-state index contributed by atoms with van der Waals surface area (Å²) in [6.45, 7) is 1.63. The molecule has 3 rings (SSSR count). The summed E-state index contributed by atoms with van der Waals surface area (Å²) in [6, 6.07) is 3.61. The number of carbonyl (C=O) groups is 1. The van der Waals surface area contributed by atoms with E-state index in [2.05, 4.69) is 25.2 Å². The number of ether oxygens (including phenoxy) is 1. The first-order valence-electron chi connectivity index (χ1n) is 7.58. The molecule has 2 aromatic rings. The molecule has 7 heteroatoms. The van der Waals surface area contributed by atoms with E-state index in [1.54, 1.807) is 44.0 Å². The average Bonchev–Trinajstić information content (AvgIpc) is 2.63. The van der Waals surface area contributed by atoms with Crippen LogP contribution in [-0.2, 0) is 0 Å². The number of nitrogens with zero attached hydrogens (tertiary/aromatic N) is 4. The zero-order chi connectivity index (χ0) is 16.1. The maximum atomic E-state index is 12.1. The highest BCUT2D eigenvalue weighted by Gasteiger charge is 2.22. The summed E-state index contributed by atoms with van der Waals surface area (Å²) < 4.78 is 5.06. The molecule has 2 aromatic heterocycles. The number of rotatable bonds is 4. The Morgan fingerprint density at radius 1 is 1.22 bits per heavy atom. The largest absolute Gasteiger partial charge is 0.494 e. The molecule has 1 amide bonds. The number of hydrogen-bond donors (Lipinski definition) is 1. The van der Waals surface area contributed by atoms with Crippen molar-refractivity contribution in [2.45, 2.75) is 18.9 Å². The lowest BCUT2D eigenvalue weighted by Crippen LogP contribution is -2.45. The zero-order valence-electron chi connectivity index (χ0n) is 13.0. The lowest BCUT2D eigenvalue weighted by molar-refractivity contribution is 0.0931. The van der Waals surface area contributed by atoms with E-state index in [1.165, 1.54) is 0 Å². The Balaban J connectivity index is 1.53. The van der Waals surface area contributed by atoms with Gasteiger partial charge in [-0.05, 0) is 25.0 Å². The predicted octanol–water partition coefficient (Wildman–Crippen LogP) is 1.28. The van der Waals surface area contributed by atoms with E-state index >= 15 is 0 Å². The molecule has 0 spiro atoms. The molecule has 0 saturated carbocycles. The van der Waals surface area contributed by atoms with E-state index in [4.69, 9.17) is 4.74 Å². The standard InChI is InChI=1S/C16H19N5O2/c1-23-14-10-18-16(19-11-14)21-8-4-13(5-9-21)20-15(22)12-2-6-17-7-3-12/h2-3,6-7,10-11,13H,4-5,8-9H2,1H3,(H,20,22). The Morgan fingerprint density at radius 2 is 1.87 bits per heavy atom. The molecule has 1 fully saturated rings. The van der Waals surface area contributed by atoms with E-state index < -0.39 is 0 Å². The van der Waals surface area contributed by atoms with Crippen LogP contribution in [0.25, 0.3) is 0 Å². The second-order valence-corrected chi connectivity index (χ2v) is 5.39. The average molecular weight is 313 g/mol. The molecule has 0 unspecified atom stereocenters. The van der Waals surface area contributed by atoms with Crippen LogP contribution >= 0.6 is 0 Å². The Labute approximate surface area is 134 Å². The number of nitrogens with one attached hydrogen (secondary N) is 1. The number of anilines is 1. The number of methoxy groups -OCH3 is 1. The Morgan fingerprint density at radius 3 is 2.48 bits per heavy atom. The van der Waals surface area contributed by atoms with Crippen molar-refractivity contribution in [2.75, 3.05) is 25.1 Å². The highest BCUT2D eigenvalue weighted by molar-refractivity contribution is 5.94. The maximum absolute atomic E-state index is 12.1. The van der Waals surface area contributed by atoms with Gasteiger partial charge < -0.3 is 15.0 Å². The quantitative estimate of drug-likeness (QED) is 0.916. The Hall–Kier alpha value is -2.70. The van der Waals surface area contributed by atoms with Crippen molar-refractivity contribution in [2.24, 2.45) is 0 Å². The number of amides is 1. The normalized spacial score (nSPS) is 15.3. The maximum Gasteiger partial charge on any atom is 0.251 e. The predicted molar refractivity (Wildman–Crippen MR) is 85.5 cm³/mol. The van der Waals surface area contributed by atoms with Crippen LogP contribution < -0.4 is 15.0 Å². The minimum Gasteiger partial charge on any atom is -0.494 e. The Kier molecular flexibility index (Phi) is 4.65. The molecule has 1 N–H and O–H groups in total. The lowest BCUT2D eigenvalue weighted by Gasteiger charge is -2.32. The third-order valence-corrected chi connectivity index (χ3v) is 3.91. The van der Waals surface area contributed by atoms with Crippen LogP contribution in [-0.4, -0.2) is 47.1 Å². The van der Waals surface area contributed by atoms with Crippen LogP contribution in [0.15, 0.2) is 36.9 Å². The topological polar surface area (TPSA) is 80.2 Å². The fraction of sp³-hybridized carbons (Fsp3) is 0.375. The van der Waals surface area contributed by atoms with Crippen molar-refractivity contribution >= 4 is 11.9 Å². The van der Waals surface area contributed by atoms with Crippen molar-refractivity contribution < 1.29 is 9.53 Å². The van der Waals surface area contributed by atoms with E-state index in [9.17, 15) is 4.79 Å². The van der Waals surface area contributed by atoms with Crippen molar-refractivity contribution in [3.8, 4) is 5.75 Å². The molecule has 0 radical (unpaired) electrons. The first-order valence-corrected chi connectivity index (χ1v) is 7.58. The van der Waals surface area contributed by atoms with Gasteiger partial charge in [-0.2, -0.15) is 0 Å². The Bertz CT molecular complexity index is 639. The number of carbonyl (C=O) groups excluding carboxylic acids is 1. The summed E-state index contributed by atoms with van der Waals surface area (Å²) in [5.74, 6) is 1.30. The van der Waals surface area contributed by atoms with Crippen molar-refractivity contribution in [3.05, 3.63) is 42.5 Å². The molecule has 1 saturated heterocycles. The SMILES string of the molecule is COc1cnc(N2CCC(NC(=O)c3ccncc3)CC2)nc1. The van der Waals surface area contributed by atoms with Crippen molar-refractivity contribution in [1.82, 2.24) is 20.3 Å². The van der Waals surface area contributed by atoms with Gasteiger partial charge in [0.15, 0.2) is 5.75 Å². The van der Waals surface area contributed by atoms with Crippen molar-refractivity contribution in [1.29, 1.82) is 0 Å². The van der Waals surface area contributed by atoms with Gasteiger partial charge in [0.05, 0.1) is 19.5 Å². The van der Waals surface area contributed by atoms with Gasteiger partial charge in [-0.25, -0.2) is 9.97 Å². The van der Waals surface area contributed by atoms with Gasteiger partial charge in [-0.15, -0.1) is 0 Å². The van der Waals surface area contributed by atoms with E-state index in [-0.39, 0.29) is 11.9 Å². The third-order valence-electron chi connectivity index (χ3n) is 3.91. The van der Waals surface area contributed by atoms with Gasteiger partial charge in [-0.1, -0.05) is 0 Å². The summed E-state index contributed by atoms with van der Waals surface area (Å²) in [7, 11) is 1.59. The molecule has 1 aliphatic heterocycles. The van der Waals surface area contributed by atoms with Gasteiger partial charge in [0, 0.05) is 37.1 Å². The second-order valence-electron chi connectivity index (χ2n) is 5.39. The van der Waals surface area contributed by atoms with Crippen LogP contribution in [0.3, 0.4) is 0 Å². The minimum absolute atomic E-state index is 0.0495. The molecule has 1 aliphatic rings. The molecule has 23 heavy (non-hydrogen) atoms. The highest BCUT2D eigenvalue weighted by atomic mass is 16.5. The summed E-state index contributed by atoms with van der Waals surface area (Å²) in [5, 5.41) is 3.07. The first kappa shape index (κ1) is 15.2. The monoisotopic (exact) mass is 313 g/mol. The van der Waals surface area contributed by atoms with Crippen LogP contribution in [0.1, 0.15) is 23.2 Å². The molecular formula is C16H19N5O2. The molecular weight excluding hydrogens is 294 g/mol. The molecule has 0 aliphatic carbocycles. The fourth-order valence-electron chi connectivity index (χ4n) is 2.57. The molecule has 0 aromatic carbocycles. The van der Waals surface area contributed by atoms with Gasteiger partial charge in [0.1, 0.15) is 0 Å². The number of hydrogen-bond acceptors (Lipinski definition) is 6. The number of aromatic nitrogens is 3. The van der Waals surface area contributed by atoms with Gasteiger partial charge in [-0.3, -0.25) is 9.78 Å². The first-order chi connectivity index (χ1) is 11.3. The number of pyridine rings is 1. The van der Waals surface area contributed by atoms with Crippen LogP contribution in [0.2, 0.25) is 0 Å². The van der Waals surface area contributed by atoms with Gasteiger partial charge in [0.25, 0.3) is 5.91 Å². The summed E-state index contributed by atoms with van der Waals surface area (Å²) in [5.41, 5.74) is 0.640. The van der Waals surface area contributed by atoms with E-state index in [0.29, 0.717) is 17.3 Å². The summed E-state index contributed by atoms with van der Waals surface area (Å²) in [6.07, 6.45) is 8.31. The number of piperidine rings is 1. The van der Waals surface area contributed by atoms with Crippen molar-refractivity contribution in [3.63, 3.8) is 0 Å². The van der Waals surface area contributed by atoms with Crippen LogP contribution in [0, 0.1) is 0 Å². The third kappa shape index (κ3) is 3.74. The molecule has 3 heterocycles. The van der Waals surface area contributed by atoms with E-state index in [1.807, 2.05) is 0 Å². The fourth-order valence-corrected chi connectivity index (χ4v) is 2.57. The highest BCUT2D eigenvalue weighted by Crippen LogP contribution is 2.17. The van der Waals surface area contributed by atoms with Crippen LogP contribution in [0.4, 0.5) is 5.95 Å². The minimum atomic E-state index is -0.0495. The zero-order valence-corrected chi connectivity index (χ0v) is 13.0. The smallest absolute Gasteiger partial charge is 0.251 e. The second kappa shape index (κ2) is 7.04. The molecule has 7 nitrogen and oxygen atoms in total. The van der Waals surface area contributed by atoms with Gasteiger partial charge in [0.2, 0.25) is 5.95 Å². The molecule has 0 atom stereocenters. The molecule has 120 valence electrons. The lowest BCUT2D eigenvalue weighted by atomic mass is 10.0. The van der Waals surface area contributed by atoms with Crippen LogP contribution in [0.5, 0.6) is 5.75 Å². The summed E-state index contributed by atoms with van der Waals surface area (Å²) >= 11 is 0. The molecule has 0 bridgehead atoms.